The van der Waals surface area contributed by atoms with E-state index >= 15 is 0 Å². The van der Waals surface area contributed by atoms with Crippen molar-refractivity contribution in [1.29, 1.82) is 0 Å². The van der Waals surface area contributed by atoms with E-state index in [0.29, 0.717) is 30.4 Å². The number of anilines is 4. The first-order valence-electron chi connectivity index (χ1n) is 11.5. The first-order valence-corrected chi connectivity index (χ1v) is 11.5. The van der Waals surface area contributed by atoms with E-state index in [1.54, 1.807) is 7.11 Å². The Labute approximate surface area is 184 Å². The monoisotopic (exact) mass is 426 g/mol. The summed E-state index contributed by atoms with van der Waals surface area (Å²) in [6.45, 7) is 3.56. The van der Waals surface area contributed by atoms with Crippen molar-refractivity contribution in [2.24, 2.45) is 0 Å². The van der Waals surface area contributed by atoms with Gasteiger partial charge in [-0.05, 0) is 56.4 Å². The van der Waals surface area contributed by atoms with Crippen LogP contribution in [0.1, 0.15) is 56.9 Å². The minimum Gasteiger partial charge on any atom is -0.496 e. The van der Waals surface area contributed by atoms with Gasteiger partial charge in [-0.1, -0.05) is 25.7 Å². The van der Waals surface area contributed by atoms with Crippen molar-refractivity contribution >= 4 is 23.5 Å². The number of hydrogen-bond donors (Lipinski definition) is 3. The molecule has 0 spiro atoms. The quantitative estimate of drug-likeness (QED) is 0.525. The van der Waals surface area contributed by atoms with Crippen molar-refractivity contribution in [1.82, 2.24) is 15.0 Å². The van der Waals surface area contributed by atoms with Crippen LogP contribution in [-0.4, -0.2) is 47.4 Å². The second-order valence-corrected chi connectivity index (χ2v) is 8.46. The van der Waals surface area contributed by atoms with Crippen LogP contribution in [0, 0.1) is 6.92 Å². The van der Waals surface area contributed by atoms with Gasteiger partial charge in [0.05, 0.1) is 13.2 Å². The molecule has 8 nitrogen and oxygen atoms in total. The highest BCUT2D eigenvalue weighted by atomic mass is 16.5. The lowest BCUT2D eigenvalue weighted by Gasteiger charge is -2.18. The predicted molar refractivity (Wildman–Crippen MR) is 123 cm³/mol. The zero-order valence-electron chi connectivity index (χ0n) is 18.6. The van der Waals surface area contributed by atoms with Crippen molar-refractivity contribution in [2.45, 2.75) is 70.4 Å². The highest BCUT2D eigenvalue weighted by molar-refractivity contribution is 5.58. The third kappa shape index (κ3) is 6.19. The van der Waals surface area contributed by atoms with Crippen molar-refractivity contribution in [3.8, 4) is 5.75 Å². The van der Waals surface area contributed by atoms with Gasteiger partial charge in [-0.25, -0.2) is 0 Å². The second-order valence-electron chi connectivity index (χ2n) is 8.46. The minimum absolute atomic E-state index is 0.218. The van der Waals surface area contributed by atoms with Gasteiger partial charge >= 0.3 is 0 Å². The smallest absolute Gasteiger partial charge is 0.233 e. The minimum atomic E-state index is 0.218. The summed E-state index contributed by atoms with van der Waals surface area (Å²) < 4.78 is 11.1. The maximum Gasteiger partial charge on any atom is 0.233 e. The van der Waals surface area contributed by atoms with Gasteiger partial charge in [0.1, 0.15) is 5.75 Å². The van der Waals surface area contributed by atoms with Crippen LogP contribution in [0.3, 0.4) is 0 Å². The lowest BCUT2D eigenvalue weighted by molar-refractivity contribution is 0.120. The summed E-state index contributed by atoms with van der Waals surface area (Å²) >= 11 is 0. The van der Waals surface area contributed by atoms with Gasteiger partial charge in [-0.3, -0.25) is 0 Å². The lowest BCUT2D eigenvalue weighted by Crippen LogP contribution is -2.23. The van der Waals surface area contributed by atoms with Crippen LogP contribution in [0.5, 0.6) is 5.75 Å². The van der Waals surface area contributed by atoms with Gasteiger partial charge in [0.2, 0.25) is 17.8 Å². The Balaban J connectivity index is 1.51. The van der Waals surface area contributed by atoms with Crippen LogP contribution in [0.4, 0.5) is 23.5 Å². The molecular weight excluding hydrogens is 392 g/mol. The zero-order chi connectivity index (χ0) is 21.5. The average molecular weight is 427 g/mol. The van der Waals surface area contributed by atoms with Gasteiger partial charge in [-0.2, -0.15) is 15.0 Å². The topological polar surface area (TPSA) is 93.2 Å². The Morgan fingerprint density at radius 3 is 2.45 bits per heavy atom. The van der Waals surface area contributed by atoms with Crippen molar-refractivity contribution in [3.05, 3.63) is 23.8 Å². The van der Waals surface area contributed by atoms with Crippen LogP contribution in [-0.2, 0) is 4.74 Å². The summed E-state index contributed by atoms with van der Waals surface area (Å²) in [5, 5.41) is 10.2. The van der Waals surface area contributed by atoms with Crippen LogP contribution >= 0.6 is 0 Å². The number of nitrogens with zero attached hydrogens (tertiary/aromatic N) is 3. The Kier molecular flexibility index (Phi) is 7.40. The largest absolute Gasteiger partial charge is 0.496 e. The summed E-state index contributed by atoms with van der Waals surface area (Å²) in [5.41, 5.74) is 1.96. The third-order valence-corrected chi connectivity index (χ3v) is 5.99. The fourth-order valence-electron chi connectivity index (χ4n) is 4.28. The Morgan fingerprint density at radius 1 is 0.968 bits per heavy atom. The van der Waals surface area contributed by atoms with Crippen LogP contribution < -0.4 is 20.7 Å². The molecule has 1 aliphatic carbocycles. The molecule has 1 atom stereocenters. The SMILES string of the molecule is COc1ccc(Nc2nc(NCC3CCCO3)nc(NC3CCCCCC3)n2)cc1C. The summed E-state index contributed by atoms with van der Waals surface area (Å²) in [6.07, 6.45) is 9.85. The summed E-state index contributed by atoms with van der Waals surface area (Å²) in [6, 6.07) is 6.35. The number of ether oxygens (including phenoxy) is 2. The molecule has 1 saturated carbocycles. The van der Waals surface area contributed by atoms with Gasteiger partial charge in [-0.15, -0.1) is 0 Å². The van der Waals surface area contributed by atoms with Gasteiger partial charge in [0.25, 0.3) is 0 Å². The normalized spacial score (nSPS) is 19.6. The highest BCUT2D eigenvalue weighted by Crippen LogP contribution is 2.25. The summed E-state index contributed by atoms with van der Waals surface area (Å²) in [4.78, 5) is 13.9. The van der Waals surface area contributed by atoms with E-state index in [2.05, 4.69) is 30.9 Å². The van der Waals surface area contributed by atoms with E-state index in [4.69, 9.17) is 9.47 Å². The average Bonchev–Trinajstić information content (AvgIpc) is 3.16. The Bertz CT molecular complexity index is 848. The van der Waals surface area contributed by atoms with E-state index in [-0.39, 0.29) is 6.10 Å². The molecule has 2 heterocycles. The molecule has 0 bridgehead atoms. The molecule has 1 aromatic carbocycles. The Morgan fingerprint density at radius 2 is 1.74 bits per heavy atom. The maximum atomic E-state index is 5.72. The van der Waals surface area contributed by atoms with Crippen molar-refractivity contribution in [2.75, 3.05) is 36.2 Å². The Hall–Kier alpha value is -2.61. The molecule has 1 aromatic heterocycles. The number of methoxy groups -OCH3 is 1. The molecule has 0 amide bonds. The molecule has 8 heteroatoms. The van der Waals surface area contributed by atoms with Crippen LogP contribution in [0.15, 0.2) is 18.2 Å². The highest BCUT2D eigenvalue weighted by Gasteiger charge is 2.18. The number of aromatic nitrogens is 3. The van der Waals surface area contributed by atoms with E-state index in [9.17, 15) is 0 Å². The molecule has 168 valence electrons. The van der Waals surface area contributed by atoms with Gasteiger partial charge in [0.15, 0.2) is 0 Å². The molecule has 3 N–H and O–H groups in total. The molecular formula is C23H34N6O2. The second kappa shape index (κ2) is 10.6. The molecule has 2 fully saturated rings. The number of rotatable bonds is 8. The number of hydrogen-bond acceptors (Lipinski definition) is 8. The fraction of sp³-hybridized carbons (Fsp3) is 0.609. The molecule has 4 rings (SSSR count). The van der Waals surface area contributed by atoms with Crippen LogP contribution in [0.2, 0.25) is 0 Å². The number of nitrogens with one attached hydrogen (secondary N) is 3. The fourth-order valence-corrected chi connectivity index (χ4v) is 4.28. The molecule has 2 aliphatic rings. The van der Waals surface area contributed by atoms with E-state index in [0.717, 1.165) is 49.3 Å². The molecule has 1 saturated heterocycles. The predicted octanol–water partition coefficient (Wildman–Crippen LogP) is 4.66. The first kappa shape index (κ1) is 21.6. The van der Waals surface area contributed by atoms with Gasteiger partial charge < -0.3 is 25.4 Å². The zero-order valence-corrected chi connectivity index (χ0v) is 18.6. The lowest BCUT2D eigenvalue weighted by atomic mass is 10.1. The summed E-state index contributed by atoms with van der Waals surface area (Å²) in [7, 11) is 1.68. The number of aryl methyl sites for hydroxylation is 1. The third-order valence-electron chi connectivity index (χ3n) is 5.99. The number of benzene rings is 1. The van der Waals surface area contributed by atoms with Crippen LogP contribution in [0.25, 0.3) is 0 Å². The van der Waals surface area contributed by atoms with E-state index in [1.807, 2.05) is 25.1 Å². The van der Waals surface area contributed by atoms with Crippen molar-refractivity contribution in [3.63, 3.8) is 0 Å². The molecule has 0 radical (unpaired) electrons. The van der Waals surface area contributed by atoms with E-state index in [1.165, 1.54) is 25.7 Å². The van der Waals surface area contributed by atoms with E-state index < -0.39 is 0 Å². The standard InChI is InChI=1S/C23H34N6O2/c1-16-14-18(11-12-20(16)30-2)26-23-28-21(24-15-19-10-7-13-31-19)27-22(29-23)25-17-8-5-3-4-6-9-17/h11-12,14,17,19H,3-10,13,15H2,1-2H3,(H3,24,25,26,27,28,29). The van der Waals surface area contributed by atoms with Crippen molar-refractivity contribution < 1.29 is 9.47 Å². The molecule has 31 heavy (non-hydrogen) atoms. The molecule has 2 aromatic rings. The maximum absolute atomic E-state index is 5.72. The van der Waals surface area contributed by atoms with Gasteiger partial charge in [0, 0.05) is 24.9 Å². The first-order chi connectivity index (χ1) is 15.2. The summed E-state index contributed by atoms with van der Waals surface area (Å²) in [5.74, 6) is 2.56. The molecule has 1 aliphatic heterocycles. The molecule has 1 unspecified atom stereocenters.